The van der Waals surface area contributed by atoms with Crippen LogP contribution in [0.2, 0.25) is 0 Å². The number of hydrogen-bond donors (Lipinski definition) is 1. The van der Waals surface area contributed by atoms with Gasteiger partial charge in [0.25, 0.3) is 0 Å². The third-order valence-corrected chi connectivity index (χ3v) is 4.23. The van der Waals surface area contributed by atoms with E-state index in [0.29, 0.717) is 6.04 Å². The molecule has 0 aromatic carbocycles. The molecule has 104 valence electrons. The number of aliphatic carboxylic acids is 1. The van der Waals surface area contributed by atoms with Crippen LogP contribution in [0.1, 0.15) is 19.8 Å². The Labute approximate surface area is 109 Å². The van der Waals surface area contributed by atoms with Gasteiger partial charge in [-0.15, -0.1) is 0 Å². The van der Waals surface area contributed by atoms with Crippen molar-refractivity contribution >= 4 is 5.97 Å². The van der Waals surface area contributed by atoms with Crippen molar-refractivity contribution in [2.24, 2.45) is 5.92 Å². The van der Waals surface area contributed by atoms with Crippen molar-refractivity contribution in [1.82, 2.24) is 9.80 Å². The quantitative estimate of drug-likeness (QED) is 0.750. The first kappa shape index (κ1) is 13.8. The molecule has 0 aromatic rings. The molecule has 5 nitrogen and oxygen atoms in total. The van der Waals surface area contributed by atoms with Gasteiger partial charge in [-0.25, -0.2) is 0 Å². The van der Waals surface area contributed by atoms with Gasteiger partial charge < -0.3 is 9.84 Å². The van der Waals surface area contributed by atoms with Crippen molar-refractivity contribution in [1.29, 1.82) is 0 Å². The first-order valence-electron chi connectivity index (χ1n) is 6.83. The zero-order valence-corrected chi connectivity index (χ0v) is 11.3. The van der Waals surface area contributed by atoms with Crippen LogP contribution < -0.4 is 0 Å². The number of nitrogens with zero attached hydrogens (tertiary/aromatic N) is 2. The van der Waals surface area contributed by atoms with Gasteiger partial charge in [0, 0.05) is 39.3 Å². The number of piperazine rings is 1. The van der Waals surface area contributed by atoms with Gasteiger partial charge in [-0.2, -0.15) is 0 Å². The van der Waals surface area contributed by atoms with Crippen LogP contribution in [0.3, 0.4) is 0 Å². The number of hydrogen-bond acceptors (Lipinski definition) is 4. The van der Waals surface area contributed by atoms with Crippen molar-refractivity contribution in [3.8, 4) is 0 Å². The summed E-state index contributed by atoms with van der Waals surface area (Å²) in [4.78, 5) is 15.5. The van der Waals surface area contributed by atoms with Crippen molar-refractivity contribution in [3.05, 3.63) is 0 Å². The molecule has 2 aliphatic rings. The number of carboxylic acids is 1. The maximum absolute atomic E-state index is 11.0. The SMILES string of the molecule is COCC(C1CC1)N1CCN(C(C)C(=O)O)CC1. The van der Waals surface area contributed by atoms with Gasteiger partial charge in [0.15, 0.2) is 0 Å². The van der Waals surface area contributed by atoms with Crippen LogP contribution >= 0.6 is 0 Å². The summed E-state index contributed by atoms with van der Waals surface area (Å²) in [6.07, 6.45) is 2.64. The summed E-state index contributed by atoms with van der Waals surface area (Å²) in [6.45, 7) is 6.19. The lowest BCUT2D eigenvalue weighted by Crippen LogP contribution is -2.55. The normalized spacial score (nSPS) is 25.9. The summed E-state index contributed by atoms with van der Waals surface area (Å²) < 4.78 is 5.32. The predicted octanol–water partition coefficient (Wildman–Crippen LogP) is 0.502. The van der Waals surface area contributed by atoms with Gasteiger partial charge in [-0.05, 0) is 25.7 Å². The zero-order chi connectivity index (χ0) is 13.1. The molecule has 18 heavy (non-hydrogen) atoms. The van der Waals surface area contributed by atoms with Crippen LogP contribution in [0.4, 0.5) is 0 Å². The zero-order valence-electron chi connectivity index (χ0n) is 11.3. The highest BCUT2D eigenvalue weighted by molar-refractivity contribution is 5.72. The van der Waals surface area contributed by atoms with Gasteiger partial charge in [0.2, 0.25) is 0 Å². The molecule has 0 bridgehead atoms. The third-order valence-electron chi connectivity index (χ3n) is 4.23. The van der Waals surface area contributed by atoms with E-state index in [0.717, 1.165) is 38.7 Å². The summed E-state index contributed by atoms with van der Waals surface area (Å²) in [7, 11) is 1.76. The van der Waals surface area contributed by atoms with Gasteiger partial charge >= 0.3 is 5.97 Å². The lowest BCUT2D eigenvalue weighted by Gasteiger charge is -2.40. The van der Waals surface area contributed by atoms with E-state index in [1.165, 1.54) is 12.8 Å². The topological polar surface area (TPSA) is 53.0 Å². The molecule has 0 aromatic heterocycles. The van der Waals surface area contributed by atoms with Crippen LogP contribution in [0.25, 0.3) is 0 Å². The molecule has 5 heteroatoms. The maximum atomic E-state index is 11.0. The van der Waals surface area contributed by atoms with Crippen LogP contribution in [0.5, 0.6) is 0 Å². The second kappa shape index (κ2) is 5.99. The van der Waals surface area contributed by atoms with E-state index in [1.54, 1.807) is 14.0 Å². The Bertz CT molecular complexity index is 286. The predicted molar refractivity (Wildman–Crippen MR) is 68.6 cm³/mol. The van der Waals surface area contributed by atoms with Gasteiger partial charge in [0.1, 0.15) is 6.04 Å². The maximum Gasteiger partial charge on any atom is 0.320 e. The minimum Gasteiger partial charge on any atom is -0.480 e. The molecular formula is C13H24N2O3. The second-order valence-electron chi connectivity index (χ2n) is 5.45. The molecule has 0 amide bonds. The van der Waals surface area contributed by atoms with Crippen LogP contribution in [0.15, 0.2) is 0 Å². The molecule has 1 N–H and O–H groups in total. The second-order valence-corrected chi connectivity index (χ2v) is 5.45. The van der Waals surface area contributed by atoms with Crippen molar-refractivity contribution in [3.63, 3.8) is 0 Å². The van der Waals surface area contributed by atoms with Gasteiger partial charge in [0.05, 0.1) is 6.61 Å². The molecule has 2 fully saturated rings. The van der Waals surface area contributed by atoms with E-state index in [4.69, 9.17) is 9.84 Å². The highest BCUT2D eigenvalue weighted by Crippen LogP contribution is 2.35. The van der Waals surface area contributed by atoms with E-state index in [1.807, 2.05) is 0 Å². The summed E-state index contributed by atoms with van der Waals surface area (Å²) in [5.41, 5.74) is 0. The monoisotopic (exact) mass is 256 g/mol. The first-order valence-corrected chi connectivity index (χ1v) is 6.83. The number of carboxylic acid groups (broad SMARTS) is 1. The standard InChI is InChI=1S/C13H24N2O3/c1-10(13(16)17)14-5-7-15(8-6-14)12(9-18-2)11-3-4-11/h10-12H,3-9H2,1-2H3,(H,16,17). The van der Waals surface area contributed by atoms with Crippen molar-refractivity contribution < 1.29 is 14.6 Å². The Morgan fingerprint density at radius 3 is 2.28 bits per heavy atom. The summed E-state index contributed by atoms with van der Waals surface area (Å²) in [5, 5.41) is 9.02. The number of ether oxygens (including phenoxy) is 1. The van der Waals surface area contributed by atoms with Crippen molar-refractivity contribution in [2.45, 2.75) is 31.8 Å². The largest absolute Gasteiger partial charge is 0.480 e. The lowest BCUT2D eigenvalue weighted by molar-refractivity contribution is -0.143. The van der Waals surface area contributed by atoms with Crippen LogP contribution in [-0.4, -0.2) is 72.9 Å². The smallest absolute Gasteiger partial charge is 0.320 e. The Hall–Kier alpha value is -0.650. The summed E-state index contributed by atoms with van der Waals surface area (Å²) in [6, 6.07) is 0.172. The lowest BCUT2D eigenvalue weighted by atomic mass is 10.1. The Morgan fingerprint density at radius 1 is 1.28 bits per heavy atom. The fourth-order valence-corrected chi connectivity index (χ4v) is 2.80. The molecule has 0 radical (unpaired) electrons. The van der Waals surface area contributed by atoms with Gasteiger partial charge in [-0.1, -0.05) is 0 Å². The fraction of sp³-hybridized carbons (Fsp3) is 0.923. The molecule has 2 atom stereocenters. The third kappa shape index (κ3) is 3.22. The minimum absolute atomic E-state index is 0.367. The van der Waals surface area contributed by atoms with Crippen LogP contribution in [0, 0.1) is 5.92 Å². The summed E-state index contributed by atoms with van der Waals surface area (Å²) >= 11 is 0. The minimum atomic E-state index is -0.723. The molecule has 1 saturated heterocycles. The summed E-state index contributed by atoms with van der Waals surface area (Å²) in [5.74, 6) is 0.0764. The molecular weight excluding hydrogens is 232 g/mol. The molecule has 2 unspecified atom stereocenters. The first-order chi connectivity index (χ1) is 8.63. The van der Waals surface area contributed by atoms with Crippen LogP contribution in [-0.2, 0) is 9.53 Å². The molecule has 1 saturated carbocycles. The molecule has 0 spiro atoms. The number of methoxy groups -OCH3 is 1. The Morgan fingerprint density at radius 2 is 1.83 bits per heavy atom. The fourth-order valence-electron chi connectivity index (χ4n) is 2.80. The van der Waals surface area contributed by atoms with E-state index < -0.39 is 5.97 Å². The van der Waals surface area contributed by atoms with E-state index in [-0.39, 0.29) is 6.04 Å². The van der Waals surface area contributed by atoms with E-state index in [2.05, 4.69) is 9.80 Å². The Kier molecular flexibility index (Phi) is 4.59. The van der Waals surface area contributed by atoms with Crippen molar-refractivity contribution in [2.75, 3.05) is 39.9 Å². The molecule has 1 aliphatic carbocycles. The highest BCUT2D eigenvalue weighted by atomic mass is 16.5. The average molecular weight is 256 g/mol. The molecule has 2 rings (SSSR count). The molecule has 1 aliphatic heterocycles. The Balaban J connectivity index is 1.83. The number of rotatable bonds is 6. The van der Waals surface area contributed by atoms with Gasteiger partial charge in [-0.3, -0.25) is 14.6 Å². The average Bonchev–Trinajstić information content (AvgIpc) is 3.19. The highest BCUT2D eigenvalue weighted by Gasteiger charge is 2.37. The molecule has 1 heterocycles. The van der Waals surface area contributed by atoms with E-state index in [9.17, 15) is 4.79 Å². The number of carbonyl (C=O) groups is 1. The van der Waals surface area contributed by atoms with E-state index >= 15 is 0 Å².